The van der Waals surface area contributed by atoms with E-state index in [1.165, 1.54) is 6.92 Å². The summed E-state index contributed by atoms with van der Waals surface area (Å²) in [5, 5.41) is 5.49. The van der Waals surface area contributed by atoms with Crippen molar-refractivity contribution in [3.05, 3.63) is 23.8 Å². The molecular formula is C13H18ClN3O2. The molecular weight excluding hydrogens is 266 g/mol. The molecule has 0 unspecified atom stereocenters. The molecule has 6 heteroatoms. The summed E-state index contributed by atoms with van der Waals surface area (Å²) in [6.07, 6.45) is 1.45. The zero-order valence-corrected chi connectivity index (χ0v) is 11.8. The third-order valence-corrected chi connectivity index (χ3v) is 3.05. The minimum absolute atomic E-state index is 0. The molecule has 0 aromatic heterocycles. The van der Waals surface area contributed by atoms with Crippen molar-refractivity contribution in [1.82, 2.24) is 0 Å². The third-order valence-electron chi connectivity index (χ3n) is 3.05. The molecule has 1 aliphatic carbocycles. The fourth-order valence-electron chi connectivity index (χ4n) is 1.64. The van der Waals surface area contributed by atoms with E-state index in [-0.39, 0.29) is 24.2 Å². The van der Waals surface area contributed by atoms with Gasteiger partial charge >= 0.3 is 0 Å². The van der Waals surface area contributed by atoms with Crippen molar-refractivity contribution in [3.8, 4) is 0 Å². The molecule has 0 radical (unpaired) electrons. The lowest BCUT2D eigenvalue weighted by Gasteiger charge is -2.13. The number of rotatable bonds is 3. The van der Waals surface area contributed by atoms with Crippen LogP contribution in [0.15, 0.2) is 18.2 Å². The molecule has 104 valence electrons. The Balaban J connectivity index is 0.00000180. The van der Waals surface area contributed by atoms with E-state index in [0.29, 0.717) is 11.4 Å². The predicted octanol–water partition coefficient (Wildman–Crippen LogP) is 1.81. The van der Waals surface area contributed by atoms with Crippen LogP contribution in [0.4, 0.5) is 11.4 Å². The standard InChI is InChI=1S/C13H17N3O2.ClH/c1-8-3-4-10(7-11(8)15-9(2)17)16-12(18)13(14)5-6-13;/h3-4,7H,5-6,14H2,1-2H3,(H,15,17)(H,16,18);1H. The van der Waals surface area contributed by atoms with Crippen LogP contribution in [0.5, 0.6) is 0 Å². The minimum Gasteiger partial charge on any atom is -0.326 e. The Kier molecular flexibility index (Phi) is 4.55. The number of aryl methyl sites for hydroxylation is 1. The van der Waals surface area contributed by atoms with Crippen LogP contribution in [-0.4, -0.2) is 17.4 Å². The maximum absolute atomic E-state index is 11.8. The van der Waals surface area contributed by atoms with Gasteiger partial charge in [0.15, 0.2) is 0 Å². The lowest BCUT2D eigenvalue weighted by Crippen LogP contribution is -2.37. The van der Waals surface area contributed by atoms with Crippen LogP contribution >= 0.6 is 12.4 Å². The second-order valence-corrected chi connectivity index (χ2v) is 4.82. The highest BCUT2D eigenvalue weighted by molar-refractivity contribution is 6.00. The van der Waals surface area contributed by atoms with Gasteiger partial charge in [0, 0.05) is 18.3 Å². The number of halogens is 1. The smallest absolute Gasteiger partial charge is 0.244 e. The first-order chi connectivity index (χ1) is 8.40. The lowest BCUT2D eigenvalue weighted by atomic mass is 10.1. The molecule has 19 heavy (non-hydrogen) atoms. The van der Waals surface area contributed by atoms with E-state index in [2.05, 4.69) is 10.6 Å². The molecule has 0 bridgehead atoms. The summed E-state index contributed by atoms with van der Waals surface area (Å²) < 4.78 is 0. The maximum atomic E-state index is 11.8. The predicted molar refractivity (Wildman–Crippen MR) is 77.5 cm³/mol. The second-order valence-electron chi connectivity index (χ2n) is 4.82. The van der Waals surface area contributed by atoms with Gasteiger partial charge in [0.1, 0.15) is 0 Å². The van der Waals surface area contributed by atoms with Gasteiger partial charge in [-0.1, -0.05) is 6.07 Å². The molecule has 1 aromatic carbocycles. The minimum atomic E-state index is -0.695. The molecule has 2 amide bonds. The monoisotopic (exact) mass is 283 g/mol. The molecule has 0 spiro atoms. The van der Waals surface area contributed by atoms with Gasteiger partial charge < -0.3 is 16.4 Å². The van der Waals surface area contributed by atoms with Crippen LogP contribution in [0.25, 0.3) is 0 Å². The summed E-state index contributed by atoms with van der Waals surface area (Å²) in [6.45, 7) is 3.34. The first kappa shape index (κ1) is 15.5. The Bertz CT molecular complexity index is 513. The molecule has 0 saturated heterocycles. The third kappa shape index (κ3) is 3.68. The number of anilines is 2. The van der Waals surface area contributed by atoms with Crippen molar-refractivity contribution in [2.45, 2.75) is 32.2 Å². The van der Waals surface area contributed by atoms with Gasteiger partial charge in [-0.2, -0.15) is 0 Å². The van der Waals surface area contributed by atoms with E-state index >= 15 is 0 Å². The van der Waals surface area contributed by atoms with Crippen LogP contribution in [0.1, 0.15) is 25.3 Å². The average Bonchev–Trinajstić information content (AvgIpc) is 3.02. The van der Waals surface area contributed by atoms with Gasteiger partial charge in [0.25, 0.3) is 0 Å². The maximum Gasteiger partial charge on any atom is 0.244 e. The summed E-state index contributed by atoms with van der Waals surface area (Å²) >= 11 is 0. The number of hydrogen-bond acceptors (Lipinski definition) is 3. The number of carbonyl (C=O) groups is 2. The van der Waals surface area contributed by atoms with Crippen LogP contribution in [0.2, 0.25) is 0 Å². The zero-order chi connectivity index (χ0) is 13.3. The van der Waals surface area contributed by atoms with E-state index in [9.17, 15) is 9.59 Å². The number of amides is 2. The van der Waals surface area contributed by atoms with Gasteiger partial charge in [-0.15, -0.1) is 12.4 Å². The topological polar surface area (TPSA) is 84.2 Å². The molecule has 5 nitrogen and oxygen atoms in total. The summed E-state index contributed by atoms with van der Waals surface area (Å²) in [7, 11) is 0. The van der Waals surface area contributed by atoms with Crippen molar-refractivity contribution in [2.75, 3.05) is 10.6 Å². The van der Waals surface area contributed by atoms with Crippen LogP contribution in [0.3, 0.4) is 0 Å². The van der Waals surface area contributed by atoms with Gasteiger partial charge in [-0.25, -0.2) is 0 Å². The zero-order valence-electron chi connectivity index (χ0n) is 10.9. The van der Waals surface area contributed by atoms with Crippen molar-refractivity contribution in [3.63, 3.8) is 0 Å². The Morgan fingerprint density at radius 1 is 1.26 bits per heavy atom. The number of nitrogens with one attached hydrogen (secondary N) is 2. The van der Waals surface area contributed by atoms with Crippen LogP contribution in [0, 0.1) is 6.92 Å². The molecule has 1 fully saturated rings. The molecule has 4 N–H and O–H groups in total. The number of nitrogens with two attached hydrogens (primary N) is 1. The molecule has 1 aromatic rings. The molecule has 0 aliphatic heterocycles. The Hall–Kier alpha value is -1.59. The van der Waals surface area contributed by atoms with Crippen LogP contribution < -0.4 is 16.4 Å². The quantitative estimate of drug-likeness (QED) is 0.791. The number of hydrogen-bond donors (Lipinski definition) is 3. The average molecular weight is 284 g/mol. The van der Waals surface area contributed by atoms with Crippen molar-refractivity contribution in [1.29, 1.82) is 0 Å². The normalized spacial score (nSPS) is 15.1. The lowest BCUT2D eigenvalue weighted by molar-refractivity contribution is -0.118. The largest absolute Gasteiger partial charge is 0.326 e. The number of benzene rings is 1. The SMILES string of the molecule is CC(=O)Nc1cc(NC(=O)C2(N)CC2)ccc1C.Cl. The van der Waals surface area contributed by atoms with Gasteiger partial charge in [-0.05, 0) is 37.5 Å². The summed E-state index contributed by atoms with van der Waals surface area (Å²) in [4.78, 5) is 22.8. The highest BCUT2D eigenvalue weighted by Gasteiger charge is 2.45. The second kappa shape index (κ2) is 5.59. The Morgan fingerprint density at radius 2 is 1.89 bits per heavy atom. The molecule has 1 saturated carbocycles. The number of carbonyl (C=O) groups excluding carboxylic acids is 2. The first-order valence-corrected chi connectivity index (χ1v) is 5.89. The molecule has 0 heterocycles. The van der Waals surface area contributed by atoms with Crippen molar-refractivity contribution < 1.29 is 9.59 Å². The molecule has 0 atom stereocenters. The summed E-state index contributed by atoms with van der Waals surface area (Å²) in [5.74, 6) is -0.306. The van der Waals surface area contributed by atoms with E-state index < -0.39 is 5.54 Å². The fourth-order valence-corrected chi connectivity index (χ4v) is 1.64. The fraction of sp³-hybridized carbons (Fsp3) is 0.385. The van der Waals surface area contributed by atoms with Gasteiger partial charge in [0.2, 0.25) is 11.8 Å². The highest BCUT2D eigenvalue weighted by atomic mass is 35.5. The van der Waals surface area contributed by atoms with E-state index in [1.807, 2.05) is 13.0 Å². The van der Waals surface area contributed by atoms with Gasteiger partial charge in [-0.3, -0.25) is 9.59 Å². The van der Waals surface area contributed by atoms with Crippen molar-refractivity contribution in [2.24, 2.45) is 5.73 Å². The molecule has 1 aliphatic rings. The van der Waals surface area contributed by atoms with E-state index in [4.69, 9.17) is 5.73 Å². The van der Waals surface area contributed by atoms with Gasteiger partial charge in [0.05, 0.1) is 5.54 Å². The summed E-state index contributed by atoms with van der Waals surface area (Å²) in [5.41, 5.74) is 7.39. The first-order valence-electron chi connectivity index (χ1n) is 5.89. The Labute approximate surface area is 118 Å². The van der Waals surface area contributed by atoms with Crippen molar-refractivity contribution >= 4 is 35.6 Å². The summed E-state index contributed by atoms with van der Waals surface area (Å²) in [6, 6.07) is 5.38. The van der Waals surface area contributed by atoms with Crippen LogP contribution in [-0.2, 0) is 9.59 Å². The van der Waals surface area contributed by atoms with E-state index in [0.717, 1.165) is 18.4 Å². The van der Waals surface area contributed by atoms with E-state index in [1.54, 1.807) is 12.1 Å². The Morgan fingerprint density at radius 3 is 2.42 bits per heavy atom. The molecule has 2 rings (SSSR count). The highest BCUT2D eigenvalue weighted by Crippen LogP contribution is 2.33.